The molecule has 0 aromatic heterocycles. The highest BCUT2D eigenvalue weighted by atomic mass is 16.3. The van der Waals surface area contributed by atoms with E-state index in [0.29, 0.717) is 25.8 Å². The summed E-state index contributed by atoms with van der Waals surface area (Å²) in [6.45, 7) is 4.73. The molecule has 1 atom stereocenters. The van der Waals surface area contributed by atoms with Crippen molar-refractivity contribution in [3.05, 3.63) is 144 Å². The molecule has 4 aromatic carbocycles. The van der Waals surface area contributed by atoms with Crippen LogP contribution in [0.3, 0.4) is 0 Å². The lowest BCUT2D eigenvalue weighted by atomic mass is 9.74. The first-order chi connectivity index (χ1) is 20.6. The van der Waals surface area contributed by atoms with E-state index in [2.05, 4.69) is 131 Å². The van der Waals surface area contributed by atoms with E-state index in [1.54, 1.807) is 0 Å². The van der Waals surface area contributed by atoms with Crippen LogP contribution in [0.25, 0.3) is 0 Å². The first-order valence-corrected chi connectivity index (χ1v) is 15.5. The molecule has 1 N–H and O–H groups in total. The summed E-state index contributed by atoms with van der Waals surface area (Å²) in [6, 6.07) is 42.8. The molecule has 0 aliphatic carbocycles. The van der Waals surface area contributed by atoms with E-state index in [4.69, 9.17) is 0 Å². The number of hydrogen-bond donors (Lipinski definition) is 1. The second kappa shape index (κ2) is 13.2. The zero-order valence-corrected chi connectivity index (χ0v) is 24.4. The van der Waals surface area contributed by atoms with Gasteiger partial charge in [-0.1, -0.05) is 121 Å². The molecule has 0 radical (unpaired) electrons. The van der Waals surface area contributed by atoms with Crippen molar-refractivity contribution < 1.29 is 9.90 Å². The summed E-state index contributed by atoms with van der Waals surface area (Å²) in [5, 5.41) is 12.0. The number of Topliss-reactive ketones (excluding diaryl/α,β-unsaturated/α-hetero) is 1. The van der Waals surface area contributed by atoms with Crippen molar-refractivity contribution in [2.45, 2.75) is 36.7 Å². The van der Waals surface area contributed by atoms with Crippen LogP contribution in [0.2, 0.25) is 0 Å². The third-order valence-corrected chi connectivity index (χ3v) is 9.56. The Morgan fingerprint density at radius 2 is 0.976 bits per heavy atom. The monoisotopic (exact) mass is 558 g/mol. The van der Waals surface area contributed by atoms with Crippen LogP contribution >= 0.6 is 0 Å². The molecule has 4 heteroatoms. The average Bonchev–Trinajstić information content (AvgIpc) is 3.05. The van der Waals surface area contributed by atoms with Crippen LogP contribution < -0.4 is 0 Å². The largest absolute Gasteiger partial charge is 0.389 e. The van der Waals surface area contributed by atoms with E-state index >= 15 is 0 Å². The summed E-state index contributed by atoms with van der Waals surface area (Å²) in [4.78, 5) is 18.2. The predicted molar refractivity (Wildman–Crippen MR) is 170 cm³/mol. The fourth-order valence-electron chi connectivity index (χ4n) is 7.06. The van der Waals surface area contributed by atoms with Gasteiger partial charge in [0.15, 0.2) is 0 Å². The fraction of sp³-hybridized carbons (Fsp3) is 0.342. The second-order valence-electron chi connectivity index (χ2n) is 12.2. The van der Waals surface area contributed by atoms with Crippen molar-refractivity contribution in [1.29, 1.82) is 0 Å². The number of benzene rings is 4. The third-order valence-electron chi connectivity index (χ3n) is 9.56. The van der Waals surface area contributed by atoms with Crippen molar-refractivity contribution in [3.63, 3.8) is 0 Å². The smallest absolute Gasteiger partial charge is 0.141 e. The Kier molecular flexibility index (Phi) is 8.95. The summed E-state index contributed by atoms with van der Waals surface area (Å²) < 4.78 is 0. The minimum Gasteiger partial charge on any atom is -0.389 e. The SMILES string of the molecule is O=C1CCN(CC(c2ccccc2)c2ccccc2)CC1C1(O)CCN(CC(c2ccccc2)c2ccccc2)CC1. The first kappa shape index (κ1) is 28.5. The molecule has 6 rings (SSSR count). The Morgan fingerprint density at radius 3 is 1.38 bits per heavy atom. The maximum Gasteiger partial charge on any atom is 0.141 e. The molecule has 0 spiro atoms. The van der Waals surface area contributed by atoms with Gasteiger partial charge in [0.2, 0.25) is 0 Å². The van der Waals surface area contributed by atoms with Crippen LogP contribution in [-0.4, -0.2) is 65.6 Å². The van der Waals surface area contributed by atoms with Crippen molar-refractivity contribution >= 4 is 5.78 Å². The Bertz CT molecular complexity index is 1320. The molecule has 42 heavy (non-hydrogen) atoms. The standard InChI is InChI=1S/C38H42N2O2/c41-37-21-24-40(28-35(32-17-9-3-10-18-32)33-19-11-4-12-20-33)29-36(37)38(42)22-25-39(26-23-38)27-34(30-13-5-1-6-14-30)31-15-7-2-8-16-31/h1-20,34-36,42H,21-29H2. The molecule has 2 heterocycles. The highest BCUT2D eigenvalue weighted by Crippen LogP contribution is 2.36. The number of rotatable bonds is 9. The molecular weight excluding hydrogens is 516 g/mol. The van der Waals surface area contributed by atoms with E-state index in [-0.39, 0.29) is 23.5 Å². The summed E-state index contributed by atoms with van der Waals surface area (Å²) in [5.74, 6) is 0.396. The fourth-order valence-corrected chi connectivity index (χ4v) is 7.06. The number of likely N-dealkylation sites (tertiary alicyclic amines) is 2. The molecule has 1 unspecified atom stereocenters. The van der Waals surface area contributed by atoms with Gasteiger partial charge >= 0.3 is 0 Å². The van der Waals surface area contributed by atoms with Crippen molar-refractivity contribution in [3.8, 4) is 0 Å². The zero-order chi connectivity index (χ0) is 28.8. The number of piperidine rings is 2. The normalized spacial score (nSPS) is 19.8. The minimum atomic E-state index is -0.948. The highest BCUT2D eigenvalue weighted by molar-refractivity contribution is 5.83. The van der Waals surface area contributed by atoms with Crippen LogP contribution in [0.5, 0.6) is 0 Å². The lowest BCUT2D eigenvalue weighted by Crippen LogP contribution is -2.57. The molecule has 0 bridgehead atoms. The zero-order valence-electron chi connectivity index (χ0n) is 24.4. The van der Waals surface area contributed by atoms with E-state index in [1.165, 1.54) is 22.3 Å². The second-order valence-corrected chi connectivity index (χ2v) is 12.2. The third kappa shape index (κ3) is 6.57. The topological polar surface area (TPSA) is 43.8 Å². The molecular formula is C38H42N2O2. The summed E-state index contributed by atoms with van der Waals surface area (Å²) in [6.07, 6.45) is 1.78. The molecule has 4 nitrogen and oxygen atoms in total. The Balaban J connectivity index is 1.13. The van der Waals surface area contributed by atoms with Crippen LogP contribution in [0.15, 0.2) is 121 Å². The van der Waals surface area contributed by atoms with Crippen molar-refractivity contribution in [2.75, 3.05) is 39.3 Å². The summed E-state index contributed by atoms with van der Waals surface area (Å²) >= 11 is 0. The molecule has 4 aromatic rings. The van der Waals surface area contributed by atoms with Gasteiger partial charge in [-0.05, 0) is 35.1 Å². The predicted octanol–water partition coefficient (Wildman–Crippen LogP) is 6.37. The number of ketones is 1. The number of carbonyl (C=O) groups excluding carboxylic acids is 1. The Hall–Kier alpha value is -3.57. The molecule has 2 fully saturated rings. The number of carbonyl (C=O) groups is 1. The first-order valence-electron chi connectivity index (χ1n) is 15.5. The number of nitrogens with zero attached hydrogens (tertiary/aromatic N) is 2. The molecule has 2 aliphatic rings. The Morgan fingerprint density at radius 1 is 0.595 bits per heavy atom. The summed E-state index contributed by atoms with van der Waals surface area (Å²) in [5.41, 5.74) is 4.25. The van der Waals surface area contributed by atoms with Gasteiger partial charge < -0.3 is 14.9 Å². The van der Waals surface area contributed by atoms with Crippen LogP contribution in [0.1, 0.15) is 53.4 Å². The molecule has 2 saturated heterocycles. The quantitative estimate of drug-likeness (QED) is 0.259. The molecule has 0 amide bonds. The van der Waals surface area contributed by atoms with E-state index < -0.39 is 5.60 Å². The van der Waals surface area contributed by atoms with Crippen LogP contribution in [-0.2, 0) is 4.79 Å². The maximum atomic E-state index is 13.3. The average molecular weight is 559 g/mol. The van der Waals surface area contributed by atoms with Crippen molar-refractivity contribution in [2.24, 2.45) is 5.92 Å². The summed E-state index contributed by atoms with van der Waals surface area (Å²) in [7, 11) is 0. The van der Waals surface area contributed by atoms with Gasteiger partial charge in [-0.25, -0.2) is 0 Å². The lowest BCUT2D eigenvalue weighted by Gasteiger charge is -2.46. The van der Waals surface area contributed by atoms with Crippen molar-refractivity contribution in [1.82, 2.24) is 9.80 Å². The Labute approximate surface area is 250 Å². The van der Waals surface area contributed by atoms with Gasteiger partial charge in [0.1, 0.15) is 5.78 Å². The van der Waals surface area contributed by atoms with Gasteiger partial charge in [0, 0.05) is 57.5 Å². The molecule has 0 saturated carbocycles. The van der Waals surface area contributed by atoms with Gasteiger partial charge in [-0.2, -0.15) is 0 Å². The lowest BCUT2D eigenvalue weighted by molar-refractivity contribution is -0.143. The van der Waals surface area contributed by atoms with Gasteiger partial charge in [0.05, 0.1) is 11.5 Å². The van der Waals surface area contributed by atoms with Gasteiger partial charge in [-0.15, -0.1) is 0 Å². The van der Waals surface area contributed by atoms with E-state index in [9.17, 15) is 9.90 Å². The van der Waals surface area contributed by atoms with E-state index in [0.717, 1.165) is 32.7 Å². The van der Waals surface area contributed by atoms with Crippen LogP contribution in [0.4, 0.5) is 0 Å². The molecule has 216 valence electrons. The number of aliphatic hydroxyl groups is 1. The number of hydrogen-bond acceptors (Lipinski definition) is 4. The van der Waals surface area contributed by atoms with Gasteiger partial charge in [0.25, 0.3) is 0 Å². The highest BCUT2D eigenvalue weighted by Gasteiger charge is 2.46. The van der Waals surface area contributed by atoms with E-state index in [1.807, 2.05) is 0 Å². The van der Waals surface area contributed by atoms with Crippen LogP contribution in [0, 0.1) is 5.92 Å². The minimum absolute atomic E-state index is 0.226. The molecule has 2 aliphatic heterocycles. The van der Waals surface area contributed by atoms with Gasteiger partial charge in [-0.3, -0.25) is 4.79 Å². The maximum absolute atomic E-state index is 13.3.